The molecular weight excluding hydrogens is 646 g/mol. The number of halogens is 1. The molecule has 0 aromatic heterocycles. The van der Waals surface area contributed by atoms with Gasteiger partial charge in [-0.05, 0) is 79.4 Å². The molecule has 1 fully saturated rings. The largest absolute Gasteiger partial charge is 0.494 e. The summed E-state index contributed by atoms with van der Waals surface area (Å²) in [5.41, 5.74) is 1.90. The normalized spacial score (nSPS) is 14.1. The topological polar surface area (TPSA) is 96.0 Å². The Bertz CT molecular complexity index is 1750. The van der Waals surface area contributed by atoms with Gasteiger partial charge in [-0.1, -0.05) is 91.5 Å². The Morgan fingerprint density at radius 2 is 1.50 bits per heavy atom. The summed E-state index contributed by atoms with van der Waals surface area (Å²) in [6.07, 6.45) is 5.22. The molecule has 4 aromatic rings. The Morgan fingerprint density at radius 1 is 0.854 bits per heavy atom. The van der Waals surface area contributed by atoms with Gasteiger partial charge in [-0.15, -0.1) is 0 Å². The van der Waals surface area contributed by atoms with Crippen molar-refractivity contribution in [2.24, 2.45) is 0 Å². The first-order chi connectivity index (χ1) is 23.2. The molecule has 10 heteroatoms. The van der Waals surface area contributed by atoms with Gasteiger partial charge in [0.15, 0.2) is 0 Å². The summed E-state index contributed by atoms with van der Waals surface area (Å²) in [5, 5.41) is 3.72. The lowest BCUT2D eigenvalue weighted by Gasteiger charge is -2.35. The molecule has 1 aliphatic rings. The Morgan fingerprint density at radius 3 is 2.15 bits per heavy atom. The number of hydrogen-bond donors (Lipinski definition) is 1. The van der Waals surface area contributed by atoms with Crippen LogP contribution < -0.4 is 14.4 Å². The van der Waals surface area contributed by atoms with Crippen molar-refractivity contribution >= 4 is 39.1 Å². The van der Waals surface area contributed by atoms with E-state index in [0.717, 1.165) is 47.5 Å². The Labute approximate surface area is 288 Å². The van der Waals surface area contributed by atoms with E-state index in [1.165, 1.54) is 17.0 Å². The zero-order chi connectivity index (χ0) is 33.9. The van der Waals surface area contributed by atoms with Crippen LogP contribution in [0.4, 0.5) is 5.69 Å². The molecule has 1 atom stereocenters. The van der Waals surface area contributed by atoms with Crippen LogP contribution in [0.3, 0.4) is 0 Å². The standard InChI is InChI=1S/C38H42ClN3O5S/c1-2-47-34-23-21-33(22-24-34)42(48(45,46)35-19-10-5-11-20-35)28-37(43)41(27-30-15-12-16-31(39)25-30)36(26-29-13-6-3-7-14-29)38(44)40-32-17-8-4-9-18-32/h3,5-7,10-16,19-25,32,36H,2,4,8-9,17-18,26-28H2,1H3,(H,40,44). The molecule has 1 aliphatic carbocycles. The maximum absolute atomic E-state index is 14.7. The van der Waals surface area contributed by atoms with Crippen LogP contribution >= 0.6 is 11.6 Å². The van der Waals surface area contributed by atoms with E-state index in [9.17, 15) is 18.0 Å². The molecule has 4 aromatic carbocycles. The number of hydrogen-bond acceptors (Lipinski definition) is 5. The zero-order valence-corrected chi connectivity index (χ0v) is 28.7. The first-order valence-electron chi connectivity index (χ1n) is 16.4. The summed E-state index contributed by atoms with van der Waals surface area (Å²) < 4.78 is 35.1. The second-order valence-electron chi connectivity index (χ2n) is 12.0. The second kappa shape index (κ2) is 16.7. The first kappa shape index (κ1) is 35.0. The summed E-state index contributed by atoms with van der Waals surface area (Å²) in [4.78, 5) is 30.4. The predicted molar refractivity (Wildman–Crippen MR) is 190 cm³/mol. The minimum atomic E-state index is -4.19. The summed E-state index contributed by atoms with van der Waals surface area (Å²) in [6.45, 7) is 1.84. The van der Waals surface area contributed by atoms with E-state index in [1.54, 1.807) is 60.7 Å². The quantitative estimate of drug-likeness (QED) is 0.154. The molecule has 0 radical (unpaired) electrons. The highest BCUT2D eigenvalue weighted by atomic mass is 35.5. The smallest absolute Gasteiger partial charge is 0.264 e. The van der Waals surface area contributed by atoms with E-state index in [-0.39, 0.29) is 29.8 Å². The molecular formula is C38H42ClN3O5S. The van der Waals surface area contributed by atoms with Gasteiger partial charge >= 0.3 is 0 Å². The fourth-order valence-corrected chi connectivity index (χ4v) is 7.70. The van der Waals surface area contributed by atoms with E-state index in [4.69, 9.17) is 16.3 Å². The fraction of sp³-hybridized carbons (Fsp3) is 0.316. The summed E-state index contributed by atoms with van der Waals surface area (Å²) in [6, 6.07) is 30.4. The SMILES string of the molecule is CCOc1ccc(N(CC(=O)N(Cc2cccc(Cl)c2)C(Cc2ccccc2)C(=O)NC2CCCCC2)S(=O)(=O)c2ccccc2)cc1. The molecule has 0 spiro atoms. The number of sulfonamides is 1. The Balaban J connectivity index is 1.55. The molecule has 1 N–H and O–H groups in total. The average Bonchev–Trinajstić information content (AvgIpc) is 3.10. The van der Waals surface area contributed by atoms with Gasteiger partial charge in [0.2, 0.25) is 11.8 Å². The van der Waals surface area contributed by atoms with Crippen molar-refractivity contribution in [2.75, 3.05) is 17.5 Å². The third-order valence-electron chi connectivity index (χ3n) is 8.51. The van der Waals surface area contributed by atoms with Crippen LogP contribution in [0.25, 0.3) is 0 Å². The molecule has 0 saturated heterocycles. The van der Waals surface area contributed by atoms with Crippen LogP contribution in [0.15, 0.2) is 114 Å². The van der Waals surface area contributed by atoms with Crippen molar-refractivity contribution in [1.29, 1.82) is 0 Å². The molecule has 5 rings (SSSR count). The number of amides is 2. The summed E-state index contributed by atoms with van der Waals surface area (Å²) >= 11 is 6.36. The van der Waals surface area contributed by atoms with E-state index in [0.29, 0.717) is 23.1 Å². The summed E-state index contributed by atoms with van der Waals surface area (Å²) in [5.74, 6) is -0.211. The number of carbonyl (C=O) groups is 2. The lowest BCUT2D eigenvalue weighted by molar-refractivity contribution is -0.140. The van der Waals surface area contributed by atoms with Crippen molar-refractivity contribution in [3.63, 3.8) is 0 Å². The maximum Gasteiger partial charge on any atom is 0.264 e. The monoisotopic (exact) mass is 687 g/mol. The molecule has 1 saturated carbocycles. The number of anilines is 1. The van der Waals surface area contributed by atoms with E-state index < -0.39 is 28.5 Å². The van der Waals surface area contributed by atoms with Gasteiger partial charge in [0, 0.05) is 24.0 Å². The van der Waals surface area contributed by atoms with Gasteiger partial charge in [-0.3, -0.25) is 13.9 Å². The predicted octanol–water partition coefficient (Wildman–Crippen LogP) is 7.02. The number of carbonyl (C=O) groups excluding carboxylic acids is 2. The van der Waals surface area contributed by atoms with Gasteiger partial charge in [0.25, 0.3) is 10.0 Å². The second-order valence-corrected chi connectivity index (χ2v) is 14.3. The van der Waals surface area contributed by atoms with Gasteiger partial charge in [-0.2, -0.15) is 0 Å². The number of benzene rings is 4. The van der Waals surface area contributed by atoms with Crippen LogP contribution in [0.5, 0.6) is 5.75 Å². The molecule has 0 bridgehead atoms. The van der Waals surface area contributed by atoms with Crippen LogP contribution in [0, 0.1) is 0 Å². The van der Waals surface area contributed by atoms with Crippen LogP contribution in [-0.2, 0) is 32.6 Å². The molecule has 8 nitrogen and oxygen atoms in total. The first-order valence-corrected chi connectivity index (χ1v) is 18.2. The van der Waals surface area contributed by atoms with E-state index in [1.807, 2.05) is 43.3 Å². The van der Waals surface area contributed by atoms with Crippen molar-refractivity contribution in [1.82, 2.24) is 10.2 Å². The molecule has 252 valence electrons. The zero-order valence-electron chi connectivity index (χ0n) is 27.1. The summed E-state index contributed by atoms with van der Waals surface area (Å²) in [7, 11) is -4.19. The minimum Gasteiger partial charge on any atom is -0.494 e. The van der Waals surface area contributed by atoms with Gasteiger partial charge < -0.3 is 15.0 Å². The minimum absolute atomic E-state index is 0.0199. The molecule has 0 heterocycles. The van der Waals surface area contributed by atoms with Crippen LogP contribution in [0.1, 0.15) is 50.2 Å². The molecule has 2 amide bonds. The fourth-order valence-electron chi connectivity index (χ4n) is 6.05. The number of nitrogens with one attached hydrogen (secondary N) is 1. The van der Waals surface area contributed by atoms with E-state index >= 15 is 0 Å². The lowest BCUT2D eigenvalue weighted by Crippen LogP contribution is -2.55. The maximum atomic E-state index is 14.7. The van der Waals surface area contributed by atoms with E-state index in [2.05, 4.69) is 5.32 Å². The average molecular weight is 688 g/mol. The third kappa shape index (κ3) is 9.17. The van der Waals surface area contributed by atoms with Crippen molar-refractivity contribution in [3.8, 4) is 5.75 Å². The van der Waals surface area contributed by atoms with Gasteiger partial charge in [0.1, 0.15) is 18.3 Å². The Hall–Kier alpha value is -4.34. The number of nitrogens with zero attached hydrogens (tertiary/aromatic N) is 2. The van der Waals surface area contributed by atoms with Crippen molar-refractivity contribution < 1.29 is 22.7 Å². The Kier molecular flexibility index (Phi) is 12.1. The molecule has 1 unspecified atom stereocenters. The lowest BCUT2D eigenvalue weighted by atomic mass is 9.94. The molecule has 0 aliphatic heterocycles. The van der Waals surface area contributed by atoms with Gasteiger partial charge in [-0.25, -0.2) is 8.42 Å². The number of ether oxygens (including phenoxy) is 1. The van der Waals surface area contributed by atoms with Crippen LogP contribution in [-0.4, -0.2) is 50.4 Å². The highest BCUT2D eigenvalue weighted by Gasteiger charge is 2.35. The highest BCUT2D eigenvalue weighted by Crippen LogP contribution is 2.27. The third-order valence-corrected chi connectivity index (χ3v) is 10.5. The molecule has 48 heavy (non-hydrogen) atoms. The highest BCUT2D eigenvalue weighted by molar-refractivity contribution is 7.92. The van der Waals surface area contributed by atoms with Crippen molar-refractivity contribution in [2.45, 2.75) is 69.0 Å². The number of rotatable bonds is 14. The van der Waals surface area contributed by atoms with Crippen molar-refractivity contribution in [3.05, 3.63) is 125 Å². The van der Waals surface area contributed by atoms with Gasteiger partial charge in [0.05, 0.1) is 17.2 Å². The van der Waals surface area contributed by atoms with Crippen LogP contribution in [0.2, 0.25) is 5.02 Å².